The van der Waals surface area contributed by atoms with E-state index in [4.69, 9.17) is 14.0 Å². The van der Waals surface area contributed by atoms with Crippen LogP contribution in [0, 0.1) is 0 Å². The van der Waals surface area contributed by atoms with Crippen molar-refractivity contribution < 1.29 is 18.8 Å². The summed E-state index contributed by atoms with van der Waals surface area (Å²) in [4.78, 5) is 20.2. The molecule has 2 heterocycles. The molecule has 0 aromatic rings. The van der Waals surface area contributed by atoms with Gasteiger partial charge in [0.2, 0.25) is 0 Å². The van der Waals surface area contributed by atoms with Gasteiger partial charge in [-0.05, 0) is 23.7 Å². The van der Waals surface area contributed by atoms with Crippen LogP contribution in [0.4, 0.5) is 4.79 Å². The summed E-state index contributed by atoms with van der Waals surface area (Å²) < 4.78 is 11.7. The van der Waals surface area contributed by atoms with Gasteiger partial charge in [0.05, 0.1) is 32.4 Å². The first-order valence-corrected chi connectivity index (χ1v) is 11.7. The van der Waals surface area contributed by atoms with Crippen LogP contribution < -0.4 is 0 Å². The topological polar surface area (TPSA) is 51.2 Å². The molecule has 1 saturated heterocycles. The fourth-order valence-electron chi connectivity index (χ4n) is 2.83. The highest BCUT2D eigenvalue weighted by Crippen LogP contribution is 2.37. The lowest BCUT2D eigenvalue weighted by Crippen LogP contribution is -2.47. The lowest BCUT2D eigenvalue weighted by atomic mass is 10.0. The number of hydroxylamine groups is 2. The van der Waals surface area contributed by atoms with Crippen molar-refractivity contribution >= 4 is 14.3 Å². The number of methoxy groups -OCH3 is 1. The molecule has 1 fully saturated rings. The molecular weight excluding hydrogens is 336 g/mol. The van der Waals surface area contributed by atoms with Crippen LogP contribution in [0.3, 0.4) is 0 Å². The van der Waals surface area contributed by atoms with E-state index in [1.54, 1.807) is 13.2 Å². The second kappa shape index (κ2) is 7.61. The Labute approximate surface area is 152 Å². The number of amides is 2. The number of carbonyl (C=O) groups is 1. The van der Waals surface area contributed by atoms with Gasteiger partial charge in [0, 0.05) is 7.11 Å². The molecule has 0 spiro atoms. The molecule has 0 aromatic heterocycles. The maximum absolute atomic E-state index is 12.7. The molecule has 2 unspecified atom stereocenters. The number of hydrogen-bond acceptors (Lipinski definition) is 4. The van der Waals surface area contributed by atoms with Crippen molar-refractivity contribution in [2.24, 2.45) is 0 Å². The van der Waals surface area contributed by atoms with Crippen LogP contribution in [0.2, 0.25) is 18.1 Å². The van der Waals surface area contributed by atoms with E-state index in [9.17, 15) is 4.79 Å². The Bertz CT molecular complexity index is 542. The van der Waals surface area contributed by atoms with Crippen molar-refractivity contribution in [1.29, 1.82) is 0 Å². The van der Waals surface area contributed by atoms with E-state index < -0.39 is 8.32 Å². The third-order valence-corrected chi connectivity index (χ3v) is 9.89. The van der Waals surface area contributed by atoms with Gasteiger partial charge in [-0.15, -0.1) is 6.58 Å². The van der Waals surface area contributed by atoms with E-state index >= 15 is 0 Å². The van der Waals surface area contributed by atoms with E-state index in [1.807, 2.05) is 4.90 Å². The van der Waals surface area contributed by atoms with Gasteiger partial charge in [-0.1, -0.05) is 32.9 Å². The monoisotopic (exact) mass is 368 g/mol. The predicted molar refractivity (Wildman–Crippen MR) is 101 cm³/mol. The van der Waals surface area contributed by atoms with E-state index in [2.05, 4.69) is 46.5 Å². The van der Waals surface area contributed by atoms with Gasteiger partial charge in [-0.3, -0.25) is 4.84 Å². The quantitative estimate of drug-likeness (QED) is 0.488. The number of rotatable bonds is 8. The SMILES string of the molecule is C=CCON1C(=O)N2CC1C(COC)=CC2CO[Si](C)(C)C(C)(C)C. The number of nitrogens with zero attached hydrogens (tertiary/aromatic N) is 2. The number of urea groups is 1. The third kappa shape index (κ3) is 4.16. The first kappa shape index (κ1) is 20.2. The minimum Gasteiger partial charge on any atom is -0.414 e. The summed E-state index contributed by atoms with van der Waals surface area (Å²) in [7, 11) is -0.208. The maximum atomic E-state index is 12.7. The van der Waals surface area contributed by atoms with Gasteiger partial charge >= 0.3 is 6.03 Å². The molecule has 2 aliphatic rings. The van der Waals surface area contributed by atoms with Crippen LogP contribution in [-0.2, 0) is 14.0 Å². The van der Waals surface area contributed by atoms with Crippen LogP contribution >= 0.6 is 0 Å². The minimum atomic E-state index is -1.87. The molecule has 0 aromatic carbocycles. The van der Waals surface area contributed by atoms with Crippen LogP contribution in [0.15, 0.2) is 24.3 Å². The summed E-state index contributed by atoms with van der Waals surface area (Å²) in [6.07, 6.45) is 3.75. The molecule has 142 valence electrons. The van der Waals surface area contributed by atoms with Crippen LogP contribution in [-0.4, -0.2) is 69.9 Å². The van der Waals surface area contributed by atoms with Crippen LogP contribution in [0.25, 0.3) is 0 Å². The Balaban J connectivity index is 2.16. The summed E-state index contributed by atoms with van der Waals surface area (Å²) >= 11 is 0. The highest BCUT2D eigenvalue weighted by atomic mass is 28.4. The molecule has 25 heavy (non-hydrogen) atoms. The minimum absolute atomic E-state index is 0.0830. The highest BCUT2D eigenvalue weighted by Gasteiger charge is 2.47. The number of hydrogen-bond donors (Lipinski definition) is 0. The van der Waals surface area contributed by atoms with Gasteiger partial charge in [0.15, 0.2) is 8.32 Å². The largest absolute Gasteiger partial charge is 0.414 e. The lowest BCUT2D eigenvalue weighted by Gasteiger charge is -2.38. The third-order valence-electron chi connectivity index (χ3n) is 5.39. The highest BCUT2D eigenvalue weighted by molar-refractivity contribution is 6.74. The standard InChI is InChI=1S/C18H32N2O4Si/c1-8-9-23-20-16-11-19(17(20)21)15(10-14(16)12-22-5)13-24-25(6,7)18(2,3)4/h8,10,15-16H,1,9,11-13H2,2-7H3. The molecule has 0 N–H and O–H groups in total. The van der Waals surface area contributed by atoms with Crippen molar-refractivity contribution in [3.8, 4) is 0 Å². The Hall–Kier alpha value is -1.15. The van der Waals surface area contributed by atoms with Gasteiger partial charge < -0.3 is 14.1 Å². The molecule has 6 nitrogen and oxygen atoms in total. The average molecular weight is 369 g/mol. The summed E-state index contributed by atoms with van der Waals surface area (Å²) in [6.45, 7) is 16.7. The van der Waals surface area contributed by atoms with Crippen molar-refractivity contribution in [2.75, 3.05) is 33.5 Å². The normalized spacial score (nSPS) is 23.9. The van der Waals surface area contributed by atoms with Crippen molar-refractivity contribution in [3.63, 3.8) is 0 Å². The number of ether oxygens (including phenoxy) is 1. The summed E-state index contributed by atoms with van der Waals surface area (Å²) in [5.41, 5.74) is 1.07. The van der Waals surface area contributed by atoms with Crippen molar-refractivity contribution in [3.05, 3.63) is 24.3 Å². The van der Waals surface area contributed by atoms with Crippen molar-refractivity contribution in [1.82, 2.24) is 9.96 Å². The molecule has 2 rings (SSSR count). The van der Waals surface area contributed by atoms with Crippen LogP contribution in [0.5, 0.6) is 0 Å². The first-order valence-electron chi connectivity index (χ1n) is 8.79. The molecule has 0 radical (unpaired) electrons. The van der Waals surface area contributed by atoms with Crippen molar-refractivity contribution in [2.45, 2.75) is 51.0 Å². The Morgan fingerprint density at radius 3 is 2.64 bits per heavy atom. The zero-order chi connectivity index (χ0) is 18.8. The Morgan fingerprint density at radius 1 is 1.40 bits per heavy atom. The Kier molecular flexibility index (Phi) is 6.14. The number of fused-ring (bicyclic) bond motifs is 2. The van der Waals surface area contributed by atoms with Gasteiger partial charge in [0.25, 0.3) is 0 Å². The van der Waals surface area contributed by atoms with Gasteiger partial charge in [-0.25, -0.2) is 4.79 Å². The second-order valence-electron chi connectivity index (χ2n) is 8.17. The molecule has 2 bridgehead atoms. The molecule has 7 heteroatoms. The predicted octanol–water partition coefficient (Wildman–Crippen LogP) is 3.19. The molecule has 2 amide bonds. The zero-order valence-corrected chi connectivity index (χ0v) is 17.4. The summed E-state index contributed by atoms with van der Waals surface area (Å²) in [6, 6.07) is -0.296. The van der Waals surface area contributed by atoms with E-state index in [1.165, 1.54) is 5.06 Å². The fourth-order valence-corrected chi connectivity index (χ4v) is 3.85. The van der Waals surface area contributed by atoms with E-state index in [-0.39, 0.29) is 23.2 Å². The summed E-state index contributed by atoms with van der Waals surface area (Å²) in [5, 5.41) is 1.59. The molecule has 2 aliphatic heterocycles. The number of carbonyl (C=O) groups excluding carboxylic acids is 1. The smallest absolute Gasteiger partial charge is 0.345 e. The fraction of sp³-hybridized carbons (Fsp3) is 0.722. The van der Waals surface area contributed by atoms with E-state index in [0.29, 0.717) is 26.4 Å². The average Bonchev–Trinajstić information content (AvgIpc) is 2.80. The summed E-state index contributed by atoms with van der Waals surface area (Å²) in [5.74, 6) is 0. The molecule has 2 atom stereocenters. The lowest BCUT2D eigenvalue weighted by molar-refractivity contribution is -0.111. The molecule has 0 saturated carbocycles. The van der Waals surface area contributed by atoms with Crippen LogP contribution in [0.1, 0.15) is 20.8 Å². The van der Waals surface area contributed by atoms with Gasteiger partial charge in [0.1, 0.15) is 6.04 Å². The maximum Gasteiger partial charge on any atom is 0.345 e. The van der Waals surface area contributed by atoms with E-state index in [0.717, 1.165) is 5.57 Å². The zero-order valence-electron chi connectivity index (χ0n) is 16.4. The second-order valence-corrected chi connectivity index (χ2v) is 13.0. The molecule has 0 aliphatic carbocycles. The first-order chi connectivity index (χ1) is 11.6. The molecular formula is C18H32N2O4Si. The van der Waals surface area contributed by atoms with Gasteiger partial charge in [-0.2, -0.15) is 5.06 Å². The Morgan fingerprint density at radius 2 is 2.08 bits per heavy atom.